The van der Waals surface area contributed by atoms with Crippen molar-refractivity contribution in [2.75, 3.05) is 18.4 Å². The van der Waals surface area contributed by atoms with Crippen LogP contribution in [0.1, 0.15) is 23.2 Å². The third kappa shape index (κ3) is 5.06. The normalized spacial score (nSPS) is 15.4. The number of amides is 3. The lowest BCUT2D eigenvalue weighted by atomic mass is 10.0. The minimum absolute atomic E-state index is 0.0416. The molecule has 2 heterocycles. The molecule has 144 valence electrons. The van der Waals surface area contributed by atoms with Gasteiger partial charge in [-0.1, -0.05) is 18.2 Å². The standard InChI is InChI=1S/C17H20N4O4S2/c18-27(24,25)15-10-12(11-26-15)16(22)19-14-6-8-21(9-7-14)17(23)20-13-4-2-1-3-5-13/h1-5,10-11,14H,6-9H2,(H,19,22)(H,20,23)(H2,18,24,25). The Morgan fingerprint density at radius 1 is 1.15 bits per heavy atom. The van der Waals surface area contributed by atoms with Crippen molar-refractivity contribution in [3.8, 4) is 0 Å². The SMILES string of the molecule is NS(=O)(=O)c1cc(C(=O)NC2CCN(C(=O)Nc3ccccc3)CC2)cs1. The molecule has 1 aliphatic heterocycles. The Kier molecular flexibility index (Phi) is 5.78. The van der Waals surface area contributed by atoms with Gasteiger partial charge >= 0.3 is 6.03 Å². The molecule has 3 amide bonds. The maximum absolute atomic E-state index is 12.3. The van der Waals surface area contributed by atoms with Crippen LogP contribution in [0.2, 0.25) is 0 Å². The van der Waals surface area contributed by atoms with Gasteiger partial charge in [0.1, 0.15) is 4.21 Å². The minimum atomic E-state index is -3.80. The number of rotatable bonds is 4. The smallest absolute Gasteiger partial charge is 0.321 e. The van der Waals surface area contributed by atoms with Gasteiger partial charge < -0.3 is 15.5 Å². The number of sulfonamides is 1. The number of primary sulfonamides is 1. The number of thiophene rings is 1. The Morgan fingerprint density at radius 2 is 1.81 bits per heavy atom. The fourth-order valence-corrected chi connectivity index (χ4v) is 4.39. The molecule has 1 aliphatic rings. The van der Waals surface area contributed by atoms with Gasteiger partial charge in [-0.05, 0) is 31.0 Å². The number of likely N-dealkylation sites (tertiary alicyclic amines) is 1. The number of benzene rings is 1. The largest absolute Gasteiger partial charge is 0.349 e. The van der Waals surface area contributed by atoms with Crippen LogP contribution in [0.5, 0.6) is 0 Å². The lowest BCUT2D eigenvalue weighted by Gasteiger charge is -2.32. The van der Waals surface area contributed by atoms with Gasteiger partial charge in [0.25, 0.3) is 5.91 Å². The summed E-state index contributed by atoms with van der Waals surface area (Å²) in [6.45, 7) is 1.05. The van der Waals surface area contributed by atoms with E-state index in [0.717, 1.165) is 17.0 Å². The predicted octanol–water partition coefficient (Wildman–Crippen LogP) is 1.82. The fraction of sp³-hybridized carbons (Fsp3) is 0.294. The first-order chi connectivity index (χ1) is 12.8. The first kappa shape index (κ1) is 19.3. The van der Waals surface area contributed by atoms with Gasteiger partial charge in [0.05, 0.1) is 5.56 Å². The lowest BCUT2D eigenvalue weighted by molar-refractivity contribution is 0.0919. The molecule has 2 aromatic rings. The van der Waals surface area contributed by atoms with Crippen LogP contribution in [0, 0.1) is 0 Å². The first-order valence-corrected chi connectivity index (χ1v) is 10.8. The molecule has 0 spiro atoms. The molecule has 0 saturated carbocycles. The zero-order valence-electron chi connectivity index (χ0n) is 14.4. The van der Waals surface area contributed by atoms with E-state index in [-0.39, 0.29) is 27.8 Å². The van der Waals surface area contributed by atoms with Gasteiger partial charge in [-0.3, -0.25) is 4.79 Å². The lowest BCUT2D eigenvalue weighted by Crippen LogP contribution is -2.47. The highest BCUT2D eigenvalue weighted by atomic mass is 32.2. The van der Waals surface area contributed by atoms with Crippen molar-refractivity contribution in [2.24, 2.45) is 5.14 Å². The van der Waals surface area contributed by atoms with Gasteiger partial charge in [-0.25, -0.2) is 18.4 Å². The second-order valence-electron chi connectivity index (χ2n) is 6.23. The summed E-state index contributed by atoms with van der Waals surface area (Å²) in [5.41, 5.74) is 1.01. The maximum Gasteiger partial charge on any atom is 0.321 e. The predicted molar refractivity (Wildman–Crippen MR) is 103 cm³/mol. The topological polar surface area (TPSA) is 122 Å². The van der Waals surface area contributed by atoms with Gasteiger partial charge in [0, 0.05) is 30.2 Å². The Hall–Kier alpha value is -2.43. The summed E-state index contributed by atoms with van der Waals surface area (Å²) in [5.74, 6) is -0.340. The average molecular weight is 409 g/mol. The zero-order valence-corrected chi connectivity index (χ0v) is 16.1. The Balaban J connectivity index is 1.50. The highest BCUT2D eigenvalue weighted by molar-refractivity contribution is 7.91. The highest BCUT2D eigenvalue weighted by Gasteiger charge is 2.25. The second-order valence-corrected chi connectivity index (χ2v) is 8.93. The third-order valence-electron chi connectivity index (χ3n) is 4.26. The molecule has 1 aromatic carbocycles. The van der Waals surface area contributed by atoms with E-state index >= 15 is 0 Å². The summed E-state index contributed by atoms with van der Waals surface area (Å²) in [5, 5.41) is 12.3. The van der Waals surface area contributed by atoms with E-state index in [2.05, 4.69) is 10.6 Å². The molecular weight excluding hydrogens is 388 g/mol. The molecule has 0 unspecified atom stereocenters. The summed E-state index contributed by atoms with van der Waals surface area (Å²) < 4.78 is 22.6. The number of nitrogens with one attached hydrogen (secondary N) is 2. The number of hydrogen-bond donors (Lipinski definition) is 3. The molecule has 8 nitrogen and oxygen atoms in total. The summed E-state index contributed by atoms with van der Waals surface area (Å²) in [4.78, 5) is 26.3. The van der Waals surface area contributed by atoms with Crippen molar-refractivity contribution < 1.29 is 18.0 Å². The van der Waals surface area contributed by atoms with E-state index in [9.17, 15) is 18.0 Å². The first-order valence-electron chi connectivity index (χ1n) is 8.36. The molecule has 4 N–H and O–H groups in total. The average Bonchev–Trinajstić information content (AvgIpc) is 3.14. The molecule has 0 radical (unpaired) electrons. The van der Waals surface area contributed by atoms with Crippen LogP contribution in [0.15, 0.2) is 46.0 Å². The number of carbonyl (C=O) groups excluding carboxylic acids is 2. The maximum atomic E-state index is 12.3. The summed E-state index contributed by atoms with van der Waals surface area (Å²) >= 11 is 0.917. The van der Waals surface area contributed by atoms with Crippen LogP contribution in [-0.4, -0.2) is 44.4 Å². The zero-order chi connectivity index (χ0) is 19.4. The van der Waals surface area contributed by atoms with E-state index in [0.29, 0.717) is 25.9 Å². The van der Waals surface area contributed by atoms with Gasteiger partial charge in [0.2, 0.25) is 10.0 Å². The quantitative estimate of drug-likeness (QED) is 0.714. The van der Waals surface area contributed by atoms with Crippen molar-refractivity contribution in [1.29, 1.82) is 0 Å². The van der Waals surface area contributed by atoms with Crippen LogP contribution in [0.25, 0.3) is 0 Å². The van der Waals surface area contributed by atoms with Crippen molar-refractivity contribution in [3.05, 3.63) is 47.3 Å². The van der Waals surface area contributed by atoms with Crippen molar-refractivity contribution in [1.82, 2.24) is 10.2 Å². The van der Waals surface area contributed by atoms with Crippen LogP contribution in [0.3, 0.4) is 0 Å². The number of para-hydroxylation sites is 1. The molecule has 0 bridgehead atoms. The van der Waals surface area contributed by atoms with E-state index in [1.54, 1.807) is 4.90 Å². The number of urea groups is 1. The number of carbonyl (C=O) groups is 2. The Morgan fingerprint density at radius 3 is 2.41 bits per heavy atom. The van der Waals surface area contributed by atoms with Crippen molar-refractivity contribution in [3.63, 3.8) is 0 Å². The molecule has 1 saturated heterocycles. The molecular formula is C17H20N4O4S2. The van der Waals surface area contributed by atoms with Crippen LogP contribution in [-0.2, 0) is 10.0 Å². The summed E-state index contributed by atoms with van der Waals surface area (Å²) in [6, 6.07) is 10.3. The number of anilines is 1. The van der Waals surface area contributed by atoms with Gasteiger partial charge in [-0.2, -0.15) is 0 Å². The van der Waals surface area contributed by atoms with Crippen LogP contribution >= 0.6 is 11.3 Å². The number of piperidine rings is 1. The van der Waals surface area contributed by atoms with Gasteiger partial charge in [-0.15, -0.1) is 11.3 Å². The van der Waals surface area contributed by atoms with Crippen molar-refractivity contribution in [2.45, 2.75) is 23.1 Å². The van der Waals surface area contributed by atoms with Crippen LogP contribution in [0.4, 0.5) is 10.5 Å². The number of nitrogens with two attached hydrogens (primary N) is 1. The molecule has 1 fully saturated rings. The molecule has 10 heteroatoms. The molecule has 0 aliphatic carbocycles. The van der Waals surface area contributed by atoms with Crippen molar-refractivity contribution >= 4 is 39.0 Å². The summed E-state index contributed by atoms with van der Waals surface area (Å²) in [7, 11) is -3.80. The van der Waals surface area contributed by atoms with E-state index in [4.69, 9.17) is 5.14 Å². The number of nitrogens with zero attached hydrogens (tertiary/aromatic N) is 1. The summed E-state index contributed by atoms with van der Waals surface area (Å²) in [6.07, 6.45) is 1.25. The van der Waals surface area contributed by atoms with E-state index < -0.39 is 10.0 Å². The minimum Gasteiger partial charge on any atom is -0.349 e. The second kappa shape index (κ2) is 8.07. The van der Waals surface area contributed by atoms with Crippen LogP contribution < -0.4 is 15.8 Å². The third-order valence-corrected chi connectivity index (χ3v) is 6.65. The van der Waals surface area contributed by atoms with Gasteiger partial charge in [0.15, 0.2) is 0 Å². The molecule has 27 heavy (non-hydrogen) atoms. The van der Waals surface area contributed by atoms with E-state index in [1.807, 2.05) is 30.3 Å². The Bertz CT molecular complexity index is 919. The van der Waals surface area contributed by atoms with E-state index in [1.165, 1.54) is 11.4 Å². The fourth-order valence-electron chi connectivity index (χ4n) is 2.80. The Labute approximate surface area is 161 Å². The highest BCUT2D eigenvalue weighted by Crippen LogP contribution is 2.20. The molecule has 1 aromatic heterocycles. The molecule has 0 atom stereocenters. The monoisotopic (exact) mass is 408 g/mol. The molecule has 3 rings (SSSR count). The number of hydrogen-bond acceptors (Lipinski definition) is 5.